The number of nitrogens with two attached hydrogens (primary N) is 1. The third-order valence-corrected chi connectivity index (χ3v) is 4.53. The fourth-order valence-corrected chi connectivity index (χ4v) is 3.21. The van der Waals surface area contributed by atoms with Crippen molar-refractivity contribution in [1.29, 1.82) is 0 Å². The number of amides is 1. The first-order valence-corrected chi connectivity index (χ1v) is 9.43. The maximum Gasteiger partial charge on any atom is 0.317 e. The fraction of sp³-hybridized carbons (Fsp3) is 0.750. The van der Waals surface area contributed by atoms with Gasteiger partial charge in [0.05, 0.1) is 26.2 Å². The highest BCUT2D eigenvalue weighted by Gasteiger charge is 2.20. The Kier molecular flexibility index (Phi) is 11.0. The molecule has 0 aromatic carbocycles. The topological polar surface area (TPSA) is 148 Å². The second-order valence-electron chi connectivity index (χ2n) is 6.75. The molecule has 160 valence electrons. The van der Waals surface area contributed by atoms with Gasteiger partial charge in [-0.15, -0.1) is 12.6 Å². The van der Waals surface area contributed by atoms with Gasteiger partial charge < -0.3 is 15.9 Å². The molecule has 1 saturated heterocycles. The van der Waals surface area contributed by atoms with E-state index in [4.69, 9.17) is 15.9 Å². The standard InChI is InChI=1S/C16H29N5O6S/c17-13(22)9-18-1-3-19(10-14(23)24)5-7-21(12-16(27)28)8-6-20(4-2-18)11-15(25)26/h1-12H2,(H2,17,22)(H,23,24)(H,25,26)(H,27,28). The molecule has 12 heteroatoms. The van der Waals surface area contributed by atoms with E-state index in [0.717, 1.165) is 0 Å². The quantitative estimate of drug-likeness (QED) is 0.307. The smallest absolute Gasteiger partial charge is 0.317 e. The molecule has 28 heavy (non-hydrogen) atoms. The Morgan fingerprint density at radius 3 is 1.18 bits per heavy atom. The summed E-state index contributed by atoms with van der Waals surface area (Å²) in [6, 6.07) is 0. The number of rotatable bonds is 8. The highest BCUT2D eigenvalue weighted by molar-refractivity contribution is 7.96. The highest BCUT2D eigenvalue weighted by Crippen LogP contribution is 2.02. The first kappa shape index (κ1) is 24.3. The van der Waals surface area contributed by atoms with Gasteiger partial charge in [0.15, 0.2) is 5.12 Å². The van der Waals surface area contributed by atoms with E-state index < -0.39 is 17.8 Å². The van der Waals surface area contributed by atoms with Crippen LogP contribution >= 0.6 is 12.6 Å². The van der Waals surface area contributed by atoms with E-state index in [1.165, 1.54) is 0 Å². The lowest BCUT2D eigenvalue weighted by Crippen LogP contribution is -2.49. The van der Waals surface area contributed by atoms with Crippen molar-refractivity contribution in [2.75, 3.05) is 78.5 Å². The summed E-state index contributed by atoms with van der Waals surface area (Å²) in [6.45, 7) is 3.16. The Morgan fingerprint density at radius 1 is 0.643 bits per heavy atom. The SMILES string of the molecule is NC(=O)CN1CCN(CC(=O)O)CCN(CC(=O)S)CCN(CC(=O)O)CC1. The van der Waals surface area contributed by atoms with Gasteiger partial charge in [-0.1, -0.05) is 0 Å². The average molecular weight is 420 g/mol. The van der Waals surface area contributed by atoms with Crippen LogP contribution in [0.5, 0.6) is 0 Å². The summed E-state index contributed by atoms with van der Waals surface area (Å²) in [5.41, 5.74) is 5.29. The molecule has 1 heterocycles. The zero-order valence-electron chi connectivity index (χ0n) is 15.8. The number of carboxylic acid groups (broad SMARTS) is 2. The van der Waals surface area contributed by atoms with Crippen LogP contribution in [0.15, 0.2) is 0 Å². The lowest BCUT2D eigenvalue weighted by atomic mass is 10.3. The van der Waals surface area contributed by atoms with Crippen molar-refractivity contribution in [1.82, 2.24) is 19.6 Å². The van der Waals surface area contributed by atoms with E-state index in [9.17, 15) is 19.2 Å². The zero-order valence-corrected chi connectivity index (χ0v) is 16.7. The summed E-state index contributed by atoms with van der Waals surface area (Å²) >= 11 is 3.81. The van der Waals surface area contributed by atoms with E-state index in [2.05, 4.69) is 12.6 Å². The van der Waals surface area contributed by atoms with Gasteiger partial charge in [-0.3, -0.25) is 38.8 Å². The van der Waals surface area contributed by atoms with Gasteiger partial charge in [0.2, 0.25) is 5.91 Å². The minimum absolute atomic E-state index is 0.0160. The van der Waals surface area contributed by atoms with Crippen LogP contribution in [-0.2, 0) is 19.2 Å². The van der Waals surface area contributed by atoms with Gasteiger partial charge in [0.1, 0.15) is 0 Å². The molecule has 0 unspecified atom stereocenters. The predicted molar refractivity (Wildman–Crippen MR) is 104 cm³/mol. The average Bonchev–Trinajstić information content (AvgIpc) is 2.55. The molecule has 1 aliphatic heterocycles. The van der Waals surface area contributed by atoms with Crippen molar-refractivity contribution in [3.8, 4) is 0 Å². The summed E-state index contributed by atoms with van der Waals surface area (Å²) in [5, 5.41) is 17.9. The van der Waals surface area contributed by atoms with Crippen LogP contribution in [0, 0.1) is 0 Å². The minimum atomic E-state index is -0.960. The van der Waals surface area contributed by atoms with Gasteiger partial charge >= 0.3 is 11.9 Å². The first-order valence-electron chi connectivity index (χ1n) is 8.98. The number of nitrogens with zero attached hydrogens (tertiary/aromatic N) is 4. The van der Waals surface area contributed by atoms with Crippen molar-refractivity contribution in [2.24, 2.45) is 5.73 Å². The second-order valence-corrected chi connectivity index (χ2v) is 7.25. The number of hydrogen-bond acceptors (Lipinski definition) is 8. The van der Waals surface area contributed by atoms with E-state index in [-0.39, 0.29) is 31.3 Å². The Hall–Kier alpha value is -1.73. The van der Waals surface area contributed by atoms with Crippen molar-refractivity contribution >= 4 is 35.6 Å². The summed E-state index contributed by atoms with van der Waals surface area (Å²) < 4.78 is 0. The number of aliphatic carboxylic acids is 2. The maximum absolute atomic E-state index is 11.4. The summed E-state index contributed by atoms with van der Waals surface area (Å²) in [7, 11) is 0. The van der Waals surface area contributed by atoms with Gasteiger partial charge in [0, 0.05) is 52.4 Å². The van der Waals surface area contributed by atoms with Crippen LogP contribution in [-0.4, -0.2) is 131 Å². The van der Waals surface area contributed by atoms with E-state index in [0.29, 0.717) is 52.4 Å². The van der Waals surface area contributed by atoms with E-state index in [1.807, 2.05) is 4.90 Å². The van der Waals surface area contributed by atoms with Crippen LogP contribution in [0.3, 0.4) is 0 Å². The number of thiol groups is 1. The van der Waals surface area contributed by atoms with Gasteiger partial charge in [-0.2, -0.15) is 0 Å². The van der Waals surface area contributed by atoms with Crippen molar-refractivity contribution in [3.63, 3.8) is 0 Å². The molecule has 0 saturated carbocycles. The first-order chi connectivity index (χ1) is 13.2. The number of carbonyl (C=O) groups is 4. The molecule has 11 nitrogen and oxygen atoms in total. The number of carboxylic acids is 2. The normalized spacial score (nSPS) is 19.5. The number of carbonyl (C=O) groups excluding carboxylic acids is 2. The molecule has 0 atom stereocenters. The van der Waals surface area contributed by atoms with Crippen molar-refractivity contribution < 1.29 is 29.4 Å². The lowest BCUT2D eigenvalue weighted by molar-refractivity contribution is -0.139. The molecule has 1 aliphatic rings. The molecule has 1 rings (SSSR count). The molecular weight excluding hydrogens is 390 g/mol. The summed E-state index contributed by atoms with van der Waals surface area (Å²) in [6.07, 6.45) is 0. The van der Waals surface area contributed by atoms with Gasteiger partial charge in [-0.05, 0) is 0 Å². The maximum atomic E-state index is 11.4. The largest absolute Gasteiger partial charge is 0.480 e. The predicted octanol–water partition coefficient (Wildman–Crippen LogP) is -2.68. The molecule has 0 aromatic rings. The Morgan fingerprint density at radius 2 is 0.929 bits per heavy atom. The molecule has 0 radical (unpaired) electrons. The molecule has 0 bridgehead atoms. The van der Waals surface area contributed by atoms with E-state index >= 15 is 0 Å². The fourth-order valence-electron chi connectivity index (χ4n) is 3.01. The Bertz CT molecular complexity index is 452. The van der Waals surface area contributed by atoms with Crippen molar-refractivity contribution in [3.05, 3.63) is 0 Å². The van der Waals surface area contributed by atoms with Crippen LogP contribution in [0.1, 0.15) is 0 Å². The second kappa shape index (κ2) is 12.7. The van der Waals surface area contributed by atoms with Crippen LogP contribution in [0.25, 0.3) is 0 Å². The highest BCUT2D eigenvalue weighted by atomic mass is 32.1. The minimum Gasteiger partial charge on any atom is -0.480 e. The zero-order chi connectivity index (χ0) is 21.1. The molecule has 0 aliphatic carbocycles. The molecule has 1 amide bonds. The number of primary amides is 1. The monoisotopic (exact) mass is 419 g/mol. The Balaban J connectivity index is 2.90. The van der Waals surface area contributed by atoms with Crippen LogP contribution < -0.4 is 5.73 Å². The number of hydrogen-bond donors (Lipinski definition) is 4. The third kappa shape index (κ3) is 11.2. The molecule has 4 N–H and O–H groups in total. The van der Waals surface area contributed by atoms with Crippen LogP contribution in [0.2, 0.25) is 0 Å². The third-order valence-electron chi connectivity index (χ3n) is 4.39. The Labute approximate surface area is 169 Å². The van der Waals surface area contributed by atoms with Crippen LogP contribution in [0.4, 0.5) is 0 Å². The molecule has 1 fully saturated rings. The van der Waals surface area contributed by atoms with Crippen molar-refractivity contribution in [2.45, 2.75) is 0 Å². The molecule has 0 spiro atoms. The summed E-state index contributed by atoms with van der Waals surface area (Å²) in [4.78, 5) is 52.1. The molecular formula is C16H29N5O6S. The van der Waals surface area contributed by atoms with Gasteiger partial charge in [-0.25, -0.2) is 0 Å². The molecule has 0 aromatic heterocycles. The van der Waals surface area contributed by atoms with E-state index in [1.54, 1.807) is 14.7 Å². The summed E-state index contributed by atoms with van der Waals surface area (Å²) in [5.74, 6) is -2.42. The van der Waals surface area contributed by atoms with Gasteiger partial charge in [0.25, 0.3) is 0 Å². The lowest BCUT2D eigenvalue weighted by Gasteiger charge is -2.32.